The number of ether oxygens (including phenoxy) is 2. The standard InChI is InChI=1S/C12H15F2NO3/c1-12(15-2,11(16)17-3)7-18-10-8(13)5-4-6-9(10)14/h4-6,15H,7H2,1-3H3. The maximum absolute atomic E-state index is 13.3. The first-order valence-corrected chi connectivity index (χ1v) is 5.28. The van der Waals surface area contributed by atoms with Gasteiger partial charge in [-0.25, -0.2) is 13.6 Å². The van der Waals surface area contributed by atoms with Gasteiger partial charge < -0.3 is 14.8 Å². The Morgan fingerprint density at radius 1 is 1.39 bits per heavy atom. The van der Waals surface area contributed by atoms with E-state index in [9.17, 15) is 13.6 Å². The van der Waals surface area contributed by atoms with Gasteiger partial charge in [-0.15, -0.1) is 0 Å². The van der Waals surface area contributed by atoms with Gasteiger partial charge in [0, 0.05) is 0 Å². The molecule has 1 rings (SSSR count). The van der Waals surface area contributed by atoms with Crippen molar-refractivity contribution >= 4 is 5.97 Å². The molecule has 0 bridgehead atoms. The minimum atomic E-state index is -1.18. The molecule has 1 aromatic rings. The second-order valence-corrected chi connectivity index (χ2v) is 3.91. The smallest absolute Gasteiger partial charge is 0.329 e. The molecule has 0 saturated carbocycles. The van der Waals surface area contributed by atoms with Gasteiger partial charge in [0.05, 0.1) is 7.11 Å². The predicted molar refractivity (Wildman–Crippen MR) is 61.3 cm³/mol. The third-order valence-electron chi connectivity index (χ3n) is 2.61. The maximum Gasteiger partial charge on any atom is 0.329 e. The molecule has 0 aliphatic carbocycles. The number of para-hydroxylation sites is 1. The van der Waals surface area contributed by atoms with E-state index in [1.165, 1.54) is 27.1 Å². The number of rotatable bonds is 5. The third kappa shape index (κ3) is 2.95. The highest BCUT2D eigenvalue weighted by Crippen LogP contribution is 2.22. The van der Waals surface area contributed by atoms with Crippen LogP contribution < -0.4 is 10.1 Å². The summed E-state index contributed by atoms with van der Waals surface area (Å²) in [5, 5.41) is 2.69. The van der Waals surface area contributed by atoms with E-state index < -0.39 is 28.9 Å². The molecule has 100 valence electrons. The number of hydrogen-bond acceptors (Lipinski definition) is 4. The predicted octanol–water partition coefficient (Wildman–Crippen LogP) is 1.49. The first-order chi connectivity index (χ1) is 8.44. The normalized spacial score (nSPS) is 13.8. The zero-order valence-electron chi connectivity index (χ0n) is 10.4. The van der Waals surface area contributed by atoms with E-state index in [1.54, 1.807) is 0 Å². The molecule has 0 amide bonds. The number of halogens is 2. The second kappa shape index (κ2) is 5.77. The molecule has 0 aliphatic heterocycles. The number of carbonyl (C=O) groups excluding carboxylic acids is 1. The Hall–Kier alpha value is -1.69. The fourth-order valence-corrected chi connectivity index (χ4v) is 1.30. The number of benzene rings is 1. The van der Waals surface area contributed by atoms with E-state index in [1.807, 2.05) is 0 Å². The van der Waals surface area contributed by atoms with E-state index in [-0.39, 0.29) is 6.61 Å². The summed E-state index contributed by atoms with van der Waals surface area (Å²) in [6.07, 6.45) is 0. The highest BCUT2D eigenvalue weighted by molar-refractivity contribution is 5.80. The average Bonchev–Trinajstić information content (AvgIpc) is 2.36. The maximum atomic E-state index is 13.3. The molecular weight excluding hydrogens is 244 g/mol. The zero-order valence-corrected chi connectivity index (χ0v) is 10.4. The van der Waals surface area contributed by atoms with Crippen LogP contribution in [0.4, 0.5) is 8.78 Å². The monoisotopic (exact) mass is 259 g/mol. The summed E-state index contributed by atoms with van der Waals surface area (Å²) in [5.41, 5.74) is -1.18. The summed E-state index contributed by atoms with van der Waals surface area (Å²) in [6, 6.07) is 3.38. The van der Waals surface area contributed by atoms with E-state index >= 15 is 0 Å². The Morgan fingerprint density at radius 2 is 1.94 bits per heavy atom. The first kappa shape index (κ1) is 14.4. The Kier molecular flexibility index (Phi) is 4.61. The van der Waals surface area contributed by atoms with E-state index in [0.717, 1.165) is 12.1 Å². The van der Waals surface area contributed by atoms with Gasteiger partial charge >= 0.3 is 5.97 Å². The van der Waals surface area contributed by atoms with Crippen molar-refractivity contribution < 1.29 is 23.0 Å². The van der Waals surface area contributed by atoms with Crippen molar-refractivity contribution in [3.63, 3.8) is 0 Å². The van der Waals surface area contributed by atoms with E-state index in [4.69, 9.17) is 4.74 Å². The SMILES string of the molecule is CNC(C)(COc1c(F)cccc1F)C(=O)OC. The van der Waals surface area contributed by atoms with Crippen LogP contribution in [0.3, 0.4) is 0 Å². The van der Waals surface area contributed by atoms with Crippen LogP contribution in [0.2, 0.25) is 0 Å². The largest absolute Gasteiger partial charge is 0.485 e. The lowest BCUT2D eigenvalue weighted by Gasteiger charge is -2.26. The summed E-state index contributed by atoms with van der Waals surface area (Å²) in [4.78, 5) is 11.5. The number of esters is 1. The van der Waals surface area contributed by atoms with Crippen LogP contribution >= 0.6 is 0 Å². The van der Waals surface area contributed by atoms with Gasteiger partial charge in [0.1, 0.15) is 12.1 Å². The molecular formula is C12H15F2NO3. The summed E-state index contributed by atoms with van der Waals surface area (Å²) < 4.78 is 36.2. The van der Waals surface area contributed by atoms with Crippen LogP contribution in [-0.4, -0.2) is 32.3 Å². The van der Waals surface area contributed by atoms with Crippen LogP contribution in [0, 0.1) is 11.6 Å². The molecule has 0 aromatic heterocycles. The number of likely N-dealkylation sites (N-methyl/N-ethyl adjacent to an activating group) is 1. The van der Waals surface area contributed by atoms with Gasteiger partial charge in [0.25, 0.3) is 0 Å². The highest BCUT2D eigenvalue weighted by atomic mass is 19.1. The molecule has 18 heavy (non-hydrogen) atoms. The fraction of sp³-hybridized carbons (Fsp3) is 0.417. The van der Waals surface area contributed by atoms with Gasteiger partial charge in [-0.2, -0.15) is 0 Å². The second-order valence-electron chi connectivity index (χ2n) is 3.91. The van der Waals surface area contributed by atoms with E-state index in [2.05, 4.69) is 10.1 Å². The van der Waals surface area contributed by atoms with Gasteiger partial charge in [-0.1, -0.05) is 6.07 Å². The number of nitrogens with one attached hydrogen (secondary N) is 1. The summed E-state index contributed by atoms with van der Waals surface area (Å²) in [5.74, 6) is -2.73. The number of hydrogen-bond donors (Lipinski definition) is 1. The Labute approximate surface area is 104 Å². The lowest BCUT2D eigenvalue weighted by atomic mass is 10.1. The number of methoxy groups -OCH3 is 1. The minimum Gasteiger partial charge on any atom is -0.485 e. The highest BCUT2D eigenvalue weighted by Gasteiger charge is 2.34. The Bertz CT molecular complexity index is 419. The van der Waals surface area contributed by atoms with Crippen molar-refractivity contribution in [1.82, 2.24) is 5.32 Å². The molecule has 0 aliphatic rings. The lowest BCUT2D eigenvalue weighted by Crippen LogP contribution is -2.53. The fourth-order valence-electron chi connectivity index (χ4n) is 1.30. The van der Waals surface area contributed by atoms with Crippen LogP contribution in [0.5, 0.6) is 5.75 Å². The van der Waals surface area contributed by atoms with E-state index in [0.29, 0.717) is 0 Å². The van der Waals surface area contributed by atoms with Crippen LogP contribution in [-0.2, 0) is 9.53 Å². The summed E-state index contributed by atoms with van der Waals surface area (Å²) in [7, 11) is 2.75. The van der Waals surface area contributed by atoms with Crippen molar-refractivity contribution in [2.45, 2.75) is 12.5 Å². The van der Waals surface area contributed by atoms with Gasteiger partial charge in [-0.05, 0) is 26.1 Å². The van der Waals surface area contributed by atoms with Crippen LogP contribution in [0.25, 0.3) is 0 Å². The van der Waals surface area contributed by atoms with Crippen molar-refractivity contribution in [3.05, 3.63) is 29.8 Å². The zero-order chi connectivity index (χ0) is 13.8. The van der Waals surface area contributed by atoms with Gasteiger partial charge in [0.2, 0.25) is 0 Å². The topological polar surface area (TPSA) is 47.6 Å². The van der Waals surface area contributed by atoms with Gasteiger partial charge in [-0.3, -0.25) is 0 Å². The van der Waals surface area contributed by atoms with Gasteiger partial charge in [0.15, 0.2) is 17.4 Å². The Morgan fingerprint density at radius 3 is 2.39 bits per heavy atom. The quantitative estimate of drug-likeness (QED) is 0.814. The number of carbonyl (C=O) groups is 1. The van der Waals surface area contributed by atoms with Crippen molar-refractivity contribution in [1.29, 1.82) is 0 Å². The molecule has 0 radical (unpaired) electrons. The Balaban J connectivity index is 2.83. The van der Waals surface area contributed by atoms with Crippen LogP contribution in [0.1, 0.15) is 6.92 Å². The summed E-state index contributed by atoms with van der Waals surface area (Å²) in [6.45, 7) is 1.26. The molecule has 6 heteroatoms. The molecule has 0 spiro atoms. The molecule has 0 fully saturated rings. The van der Waals surface area contributed by atoms with Crippen molar-refractivity contribution in [2.75, 3.05) is 20.8 Å². The summed E-state index contributed by atoms with van der Waals surface area (Å²) >= 11 is 0. The molecule has 1 atom stereocenters. The third-order valence-corrected chi connectivity index (χ3v) is 2.61. The molecule has 0 heterocycles. The molecule has 4 nitrogen and oxygen atoms in total. The minimum absolute atomic E-state index is 0.256. The first-order valence-electron chi connectivity index (χ1n) is 5.28. The lowest BCUT2D eigenvalue weighted by molar-refractivity contribution is -0.149. The van der Waals surface area contributed by atoms with Crippen molar-refractivity contribution in [2.24, 2.45) is 0 Å². The molecule has 0 saturated heterocycles. The average molecular weight is 259 g/mol. The molecule has 1 aromatic carbocycles. The van der Waals surface area contributed by atoms with Crippen molar-refractivity contribution in [3.8, 4) is 5.75 Å². The molecule has 1 unspecified atom stereocenters. The molecule has 1 N–H and O–H groups in total. The van der Waals surface area contributed by atoms with Crippen LogP contribution in [0.15, 0.2) is 18.2 Å².